The molecule has 0 rings (SSSR count). The van der Waals surface area contributed by atoms with Crippen LogP contribution in [-0.2, 0) is 14.2 Å². The molecule has 0 aliphatic rings. The molecule has 4 nitrogen and oxygen atoms in total. The zero-order valence-electron chi connectivity index (χ0n) is 10.1. The largest absolute Gasteiger partial charge is 0.391 e. The number of aliphatic hydroxyl groups excluding tert-OH is 1. The van der Waals surface area contributed by atoms with Crippen LogP contribution in [0.15, 0.2) is 0 Å². The number of ether oxygens (including phenoxy) is 3. The van der Waals surface area contributed by atoms with E-state index in [4.69, 9.17) is 19.3 Å². The molecule has 4 heteroatoms. The first kappa shape index (κ1) is 14.8. The van der Waals surface area contributed by atoms with Crippen molar-refractivity contribution in [3.05, 3.63) is 0 Å². The van der Waals surface area contributed by atoms with Gasteiger partial charge in [0.05, 0.1) is 38.6 Å². The normalized spacial score (nSPS) is 15.2. The van der Waals surface area contributed by atoms with Gasteiger partial charge in [0, 0.05) is 6.61 Å². The van der Waals surface area contributed by atoms with Gasteiger partial charge in [-0.2, -0.15) is 0 Å². The molecule has 0 fully saturated rings. The van der Waals surface area contributed by atoms with E-state index in [2.05, 4.69) is 6.92 Å². The lowest BCUT2D eigenvalue weighted by molar-refractivity contribution is -0.0317. The van der Waals surface area contributed by atoms with Gasteiger partial charge < -0.3 is 19.3 Å². The van der Waals surface area contributed by atoms with Crippen molar-refractivity contribution in [2.45, 2.75) is 39.4 Å². The van der Waals surface area contributed by atoms with Crippen molar-refractivity contribution in [1.82, 2.24) is 0 Å². The molecule has 0 amide bonds. The second-order valence-corrected chi connectivity index (χ2v) is 3.68. The Labute approximate surface area is 92.5 Å². The number of hydrogen-bond acceptors (Lipinski definition) is 4. The van der Waals surface area contributed by atoms with Crippen molar-refractivity contribution in [1.29, 1.82) is 0 Å². The highest BCUT2D eigenvalue weighted by atomic mass is 16.5. The Balaban J connectivity index is 3.09. The van der Waals surface area contributed by atoms with E-state index >= 15 is 0 Å². The SMILES string of the molecule is CCCOC(C)COCCOCC(C)O. The first-order valence-electron chi connectivity index (χ1n) is 5.62. The fourth-order valence-electron chi connectivity index (χ4n) is 0.988. The van der Waals surface area contributed by atoms with E-state index in [1.54, 1.807) is 6.92 Å². The van der Waals surface area contributed by atoms with E-state index in [1.807, 2.05) is 6.92 Å². The molecular formula is C11H24O4. The summed E-state index contributed by atoms with van der Waals surface area (Å²) >= 11 is 0. The zero-order valence-corrected chi connectivity index (χ0v) is 10.1. The van der Waals surface area contributed by atoms with Crippen molar-refractivity contribution in [2.75, 3.05) is 33.0 Å². The van der Waals surface area contributed by atoms with Gasteiger partial charge >= 0.3 is 0 Å². The monoisotopic (exact) mass is 220 g/mol. The van der Waals surface area contributed by atoms with Gasteiger partial charge in [-0.25, -0.2) is 0 Å². The molecule has 92 valence electrons. The van der Waals surface area contributed by atoms with Crippen LogP contribution < -0.4 is 0 Å². The summed E-state index contributed by atoms with van der Waals surface area (Å²) < 4.78 is 15.9. The van der Waals surface area contributed by atoms with Crippen LogP contribution in [0.25, 0.3) is 0 Å². The summed E-state index contributed by atoms with van der Waals surface area (Å²) in [4.78, 5) is 0. The molecule has 2 unspecified atom stereocenters. The van der Waals surface area contributed by atoms with Gasteiger partial charge in [-0.15, -0.1) is 0 Å². The molecule has 15 heavy (non-hydrogen) atoms. The highest BCUT2D eigenvalue weighted by molar-refractivity contribution is 4.47. The lowest BCUT2D eigenvalue weighted by Gasteiger charge is -2.13. The summed E-state index contributed by atoms with van der Waals surface area (Å²) in [7, 11) is 0. The van der Waals surface area contributed by atoms with Crippen LogP contribution in [0.5, 0.6) is 0 Å². The first-order valence-corrected chi connectivity index (χ1v) is 5.62. The van der Waals surface area contributed by atoms with Crippen LogP contribution in [0, 0.1) is 0 Å². The molecule has 0 bridgehead atoms. The molecule has 0 aliphatic heterocycles. The van der Waals surface area contributed by atoms with Crippen LogP contribution in [0.2, 0.25) is 0 Å². The first-order chi connectivity index (χ1) is 7.16. The van der Waals surface area contributed by atoms with Crippen LogP contribution in [0.4, 0.5) is 0 Å². The van der Waals surface area contributed by atoms with Gasteiger partial charge in [0.25, 0.3) is 0 Å². The molecule has 0 heterocycles. The van der Waals surface area contributed by atoms with E-state index in [0.29, 0.717) is 26.4 Å². The Morgan fingerprint density at radius 3 is 2.13 bits per heavy atom. The molecule has 0 aromatic carbocycles. The summed E-state index contributed by atoms with van der Waals surface area (Å²) in [6.45, 7) is 8.58. The highest BCUT2D eigenvalue weighted by Gasteiger charge is 2.01. The lowest BCUT2D eigenvalue weighted by atomic mass is 10.4. The summed E-state index contributed by atoms with van der Waals surface area (Å²) in [5, 5.41) is 8.91. The summed E-state index contributed by atoms with van der Waals surface area (Å²) in [5.74, 6) is 0. The van der Waals surface area contributed by atoms with Crippen molar-refractivity contribution in [3.63, 3.8) is 0 Å². The van der Waals surface area contributed by atoms with Crippen molar-refractivity contribution >= 4 is 0 Å². The Morgan fingerprint density at radius 2 is 1.60 bits per heavy atom. The molecule has 0 saturated heterocycles. The molecule has 2 atom stereocenters. The quantitative estimate of drug-likeness (QED) is 0.562. The molecule has 0 aromatic heterocycles. The third-order valence-electron chi connectivity index (χ3n) is 1.69. The Morgan fingerprint density at radius 1 is 1.00 bits per heavy atom. The Kier molecular flexibility index (Phi) is 10.3. The summed E-state index contributed by atoms with van der Waals surface area (Å²) in [6, 6.07) is 0. The Hall–Kier alpha value is -0.160. The molecule has 0 spiro atoms. The minimum absolute atomic E-state index is 0.140. The summed E-state index contributed by atoms with van der Waals surface area (Å²) in [5.41, 5.74) is 0. The van der Waals surface area contributed by atoms with Crippen molar-refractivity contribution < 1.29 is 19.3 Å². The predicted molar refractivity (Wildman–Crippen MR) is 59.0 cm³/mol. The number of hydrogen-bond donors (Lipinski definition) is 1. The third kappa shape index (κ3) is 11.8. The average Bonchev–Trinajstić information content (AvgIpc) is 2.19. The van der Waals surface area contributed by atoms with Crippen LogP contribution >= 0.6 is 0 Å². The van der Waals surface area contributed by atoms with Crippen molar-refractivity contribution in [2.24, 2.45) is 0 Å². The van der Waals surface area contributed by atoms with E-state index < -0.39 is 6.10 Å². The number of aliphatic hydroxyl groups is 1. The summed E-state index contributed by atoms with van der Waals surface area (Å²) in [6.07, 6.45) is 0.764. The fraction of sp³-hybridized carbons (Fsp3) is 1.00. The van der Waals surface area contributed by atoms with Crippen LogP contribution in [0.1, 0.15) is 27.2 Å². The van der Waals surface area contributed by atoms with Gasteiger partial charge in [0.1, 0.15) is 0 Å². The van der Waals surface area contributed by atoms with Gasteiger partial charge in [0.15, 0.2) is 0 Å². The zero-order chi connectivity index (χ0) is 11.5. The van der Waals surface area contributed by atoms with E-state index in [0.717, 1.165) is 13.0 Å². The lowest BCUT2D eigenvalue weighted by Crippen LogP contribution is -2.19. The minimum Gasteiger partial charge on any atom is -0.391 e. The Bertz CT molecular complexity index is 128. The van der Waals surface area contributed by atoms with Gasteiger partial charge in [-0.05, 0) is 20.3 Å². The van der Waals surface area contributed by atoms with Crippen LogP contribution in [0.3, 0.4) is 0 Å². The van der Waals surface area contributed by atoms with Gasteiger partial charge in [-0.3, -0.25) is 0 Å². The minimum atomic E-state index is -0.406. The predicted octanol–water partition coefficient (Wildman–Crippen LogP) is 1.22. The smallest absolute Gasteiger partial charge is 0.0780 e. The molecule has 0 saturated carbocycles. The molecule has 0 radical (unpaired) electrons. The molecular weight excluding hydrogens is 196 g/mol. The van der Waals surface area contributed by atoms with E-state index in [9.17, 15) is 0 Å². The topological polar surface area (TPSA) is 47.9 Å². The second-order valence-electron chi connectivity index (χ2n) is 3.68. The standard InChI is InChI=1S/C11H24O4/c1-4-5-15-11(3)9-14-7-6-13-8-10(2)12/h10-12H,4-9H2,1-3H3. The van der Waals surface area contributed by atoms with Gasteiger partial charge in [0.2, 0.25) is 0 Å². The molecule has 0 aliphatic carbocycles. The van der Waals surface area contributed by atoms with E-state index in [-0.39, 0.29) is 6.10 Å². The maximum Gasteiger partial charge on any atom is 0.0780 e. The maximum atomic E-state index is 8.91. The van der Waals surface area contributed by atoms with Crippen molar-refractivity contribution in [3.8, 4) is 0 Å². The fourth-order valence-corrected chi connectivity index (χ4v) is 0.988. The third-order valence-corrected chi connectivity index (χ3v) is 1.69. The van der Waals surface area contributed by atoms with Gasteiger partial charge in [-0.1, -0.05) is 6.92 Å². The average molecular weight is 220 g/mol. The van der Waals surface area contributed by atoms with E-state index in [1.165, 1.54) is 0 Å². The van der Waals surface area contributed by atoms with Crippen LogP contribution in [-0.4, -0.2) is 50.3 Å². The number of rotatable bonds is 10. The molecule has 1 N–H and O–H groups in total. The molecule has 0 aromatic rings. The highest BCUT2D eigenvalue weighted by Crippen LogP contribution is 1.93. The maximum absolute atomic E-state index is 8.91. The second kappa shape index (κ2) is 10.4.